The zero-order valence-electron chi connectivity index (χ0n) is 9.84. The first-order chi connectivity index (χ1) is 9.06. The van der Waals surface area contributed by atoms with Crippen LogP contribution in [0.5, 0.6) is 5.75 Å². The van der Waals surface area contributed by atoms with Crippen LogP contribution in [0.3, 0.4) is 0 Å². The van der Waals surface area contributed by atoms with Gasteiger partial charge in [-0.3, -0.25) is 0 Å². The number of carboxylic acids is 1. The van der Waals surface area contributed by atoms with Crippen LogP contribution < -0.4 is 0 Å². The molecule has 98 valence electrons. The number of carbonyl (C=O) groups is 1. The summed E-state index contributed by atoms with van der Waals surface area (Å²) < 4.78 is 13.6. The van der Waals surface area contributed by atoms with E-state index in [2.05, 4.69) is 0 Å². The number of thioether (sulfide) groups is 1. The number of benzene rings is 2. The number of aromatic hydroxyl groups is 1. The van der Waals surface area contributed by atoms with Crippen LogP contribution in [0.2, 0.25) is 0 Å². The zero-order chi connectivity index (χ0) is 13.8. The molecule has 3 nitrogen and oxygen atoms in total. The van der Waals surface area contributed by atoms with Gasteiger partial charge in [-0.2, -0.15) is 0 Å². The van der Waals surface area contributed by atoms with Gasteiger partial charge >= 0.3 is 5.97 Å². The lowest BCUT2D eigenvalue weighted by Crippen LogP contribution is -1.99. The molecule has 0 aliphatic carbocycles. The van der Waals surface area contributed by atoms with Crippen LogP contribution in [0.1, 0.15) is 15.9 Å². The standard InChI is InChI=1S/C14H11FO3S/c15-13-6-1-9(14(17)18)7-10(13)8-19-12-4-2-11(16)3-5-12/h1-7,16H,8H2,(H,17,18). The van der Waals surface area contributed by atoms with E-state index in [9.17, 15) is 9.18 Å². The minimum Gasteiger partial charge on any atom is -0.508 e. The number of carboxylic acid groups (broad SMARTS) is 1. The van der Waals surface area contributed by atoms with Crippen LogP contribution in [-0.4, -0.2) is 16.2 Å². The Hall–Kier alpha value is -2.01. The molecule has 2 N–H and O–H groups in total. The first kappa shape index (κ1) is 13.4. The van der Waals surface area contributed by atoms with Gasteiger partial charge in [0.25, 0.3) is 0 Å². The molecule has 0 aromatic heterocycles. The fourth-order valence-electron chi connectivity index (χ4n) is 1.52. The van der Waals surface area contributed by atoms with Gasteiger partial charge in [0.2, 0.25) is 0 Å². The minimum atomic E-state index is -1.07. The molecule has 0 amide bonds. The van der Waals surface area contributed by atoms with E-state index in [-0.39, 0.29) is 11.3 Å². The molecule has 19 heavy (non-hydrogen) atoms. The van der Waals surface area contributed by atoms with Crippen molar-refractivity contribution in [3.8, 4) is 5.75 Å². The van der Waals surface area contributed by atoms with E-state index in [1.807, 2.05) is 0 Å². The van der Waals surface area contributed by atoms with Crippen LogP contribution in [-0.2, 0) is 5.75 Å². The minimum absolute atomic E-state index is 0.0720. The van der Waals surface area contributed by atoms with Gasteiger partial charge in [-0.05, 0) is 48.0 Å². The number of phenols is 1. The summed E-state index contributed by atoms with van der Waals surface area (Å²) in [6.45, 7) is 0. The molecule has 2 aromatic rings. The molecule has 0 saturated heterocycles. The monoisotopic (exact) mass is 278 g/mol. The van der Waals surface area contributed by atoms with Gasteiger partial charge in [-0.1, -0.05) is 0 Å². The fourth-order valence-corrected chi connectivity index (χ4v) is 2.39. The first-order valence-corrected chi connectivity index (χ1v) is 6.48. The summed E-state index contributed by atoms with van der Waals surface area (Å²) in [4.78, 5) is 11.7. The van der Waals surface area contributed by atoms with Crippen molar-refractivity contribution in [2.24, 2.45) is 0 Å². The lowest BCUT2D eigenvalue weighted by atomic mass is 10.1. The zero-order valence-corrected chi connectivity index (χ0v) is 10.7. The van der Waals surface area contributed by atoms with Crippen molar-refractivity contribution in [3.63, 3.8) is 0 Å². The highest BCUT2D eigenvalue weighted by molar-refractivity contribution is 7.98. The second kappa shape index (κ2) is 5.75. The van der Waals surface area contributed by atoms with Crippen LogP contribution in [0.25, 0.3) is 0 Å². The Morgan fingerprint density at radius 1 is 1.16 bits per heavy atom. The van der Waals surface area contributed by atoms with E-state index in [4.69, 9.17) is 10.2 Å². The number of phenolic OH excluding ortho intramolecular Hbond substituents is 1. The molecule has 0 aliphatic rings. The summed E-state index contributed by atoms with van der Waals surface area (Å²) in [6.07, 6.45) is 0. The van der Waals surface area contributed by atoms with E-state index < -0.39 is 11.8 Å². The highest BCUT2D eigenvalue weighted by Gasteiger charge is 2.08. The summed E-state index contributed by atoms with van der Waals surface area (Å²) >= 11 is 1.37. The van der Waals surface area contributed by atoms with Gasteiger partial charge in [-0.25, -0.2) is 9.18 Å². The molecule has 0 spiro atoms. The van der Waals surface area contributed by atoms with Crippen molar-refractivity contribution in [2.45, 2.75) is 10.6 Å². The fraction of sp³-hybridized carbons (Fsp3) is 0.0714. The molecular formula is C14H11FO3S. The largest absolute Gasteiger partial charge is 0.508 e. The summed E-state index contributed by atoms with van der Waals surface area (Å²) in [7, 11) is 0. The third kappa shape index (κ3) is 3.48. The predicted molar refractivity (Wildman–Crippen MR) is 71.0 cm³/mol. The van der Waals surface area contributed by atoms with Gasteiger partial charge in [0.1, 0.15) is 11.6 Å². The maximum atomic E-state index is 13.6. The quantitative estimate of drug-likeness (QED) is 0.840. The van der Waals surface area contributed by atoms with Gasteiger partial charge in [0.15, 0.2) is 0 Å². The molecular weight excluding hydrogens is 267 g/mol. The van der Waals surface area contributed by atoms with E-state index in [0.717, 1.165) is 11.0 Å². The molecule has 0 saturated carbocycles. The highest BCUT2D eigenvalue weighted by Crippen LogP contribution is 2.26. The van der Waals surface area contributed by atoms with Crippen LogP contribution in [0.15, 0.2) is 47.4 Å². The number of rotatable bonds is 4. The second-order valence-corrected chi connectivity index (χ2v) is 4.94. The van der Waals surface area contributed by atoms with Crippen LogP contribution in [0, 0.1) is 5.82 Å². The molecule has 2 aromatic carbocycles. The Bertz CT molecular complexity index is 596. The number of hydrogen-bond donors (Lipinski definition) is 2. The maximum Gasteiger partial charge on any atom is 0.335 e. The Morgan fingerprint density at radius 3 is 2.47 bits per heavy atom. The summed E-state index contributed by atoms with van der Waals surface area (Å²) in [5.74, 6) is -0.992. The van der Waals surface area contributed by atoms with Gasteiger partial charge in [-0.15, -0.1) is 11.8 Å². The van der Waals surface area contributed by atoms with Crippen molar-refractivity contribution in [1.82, 2.24) is 0 Å². The SMILES string of the molecule is O=C(O)c1ccc(F)c(CSc2ccc(O)cc2)c1. The molecule has 0 radical (unpaired) electrons. The lowest BCUT2D eigenvalue weighted by molar-refractivity contribution is 0.0696. The summed E-state index contributed by atoms with van der Waals surface area (Å²) in [6, 6.07) is 10.3. The van der Waals surface area contributed by atoms with Crippen molar-refractivity contribution in [2.75, 3.05) is 0 Å². The molecule has 2 rings (SSSR count). The summed E-state index contributed by atoms with van der Waals surface area (Å²) in [5.41, 5.74) is 0.417. The van der Waals surface area contributed by atoms with E-state index in [1.54, 1.807) is 24.3 Å². The van der Waals surface area contributed by atoms with Gasteiger partial charge in [0.05, 0.1) is 5.56 Å². The third-order valence-electron chi connectivity index (χ3n) is 2.52. The number of aromatic carboxylic acids is 1. The summed E-state index contributed by atoms with van der Waals surface area (Å²) in [5, 5.41) is 18.0. The maximum absolute atomic E-state index is 13.6. The smallest absolute Gasteiger partial charge is 0.335 e. The molecule has 0 heterocycles. The highest BCUT2D eigenvalue weighted by atomic mass is 32.2. The normalized spacial score (nSPS) is 10.4. The lowest BCUT2D eigenvalue weighted by Gasteiger charge is -2.05. The molecule has 0 fully saturated rings. The van der Waals surface area contributed by atoms with Crippen molar-refractivity contribution < 1.29 is 19.4 Å². The van der Waals surface area contributed by atoms with E-state index in [0.29, 0.717) is 11.3 Å². The van der Waals surface area contributed by atoms with Crippen LogP contribution >= 0.6 is 11.8 Å². The molecule has 0 bridgehead atoms. The number of hydrogen-bond acceptors (Lipinski definition) is 3. The van der Waals surface area contributed by atoms with E-state index in [1.165, 1.54) is 23.9 Å². The molecule has 0 atom stereocenters. The first-order valence-electron chi connectivity index (χ1n) is 5.50. The molecule has 0 unspecified atom stereocenters. The second-order valence-electron chi connectivity index (χ2n) is 3.89. The Balaban J connectivity index is 2.12. The Kier molecular flexibility index (Phi) is 4.06. The van der Waals surface area contributed by atoms with Crippen LogP contribution in [0.4, 0.5) is 4.39 Å². The predicted octanol–water partition coefficient (Wildman–Crippen LogP) is 3.52. The van der Waals surface area contributed by atoms with Gasteiger partial charge < -0.3 is 10.2 Å². The molecule has 0 aliphatic heterocycles. The van der Waals surface area contributed by atoms with Crippen molar-refractivity contribution in [3.05, 3.63) is 59.4 Å². The average Bonchev–Trinajstić information content (AvgIpc) is 2.39. The number of halogens is 1. The topological polar surface area (TPSA) is 57.5 Å². The third-order valence-corrected chi connectivity index (χ3v) is 3.58. The van der Waals surface area contributed by atoms with Crippen molar-refractivity contribution in [1.29, 1.82) is 0 Å². The average molecular weight is 278 g/mol. The molecule has 5 heteroatoms. The van der Waals surface area contributed by atoms with Crippen molar-refractivity contribution >= 4 is 17.7 Å². The van der Waals surface area contributed by atoms with Gasteiger partial charge in [0, 0.05) is 10.6 Å². The Morgan fingerprint density at radius 2 is 1.84 bits per heavy atom. The van der Waals surface area contributed by atoms with E-state index >= 15 is 0 Å². The Labute approximate surface area is 113 Å².